The molecule has 0 bridgehead atoms. The lowest BCUT2D eigenvalue weighted by molar-refractivity contribution is 0.454. The van der Waals surface area contributed by atoms with E-state index in [4.69, 9.17) is 0 Å². The Balaban J connectivity index is 1.52. The van der Waals surface area contributed by atoms with Gasteiger partial charge in [0.1, 0.15) is 17.3 Å². The molecule has 1 aromatic heterocycles. The van der Waals surface area contributed by atoms with Crippen LogP contribution in [0.5, 0.6) is 5.88 Å². The van der Waals surface area contributed by atoms with Crippen LogP contribution in [0, 0.1) is 5.82 Å². The molecule has 0 radical (unpaired) electrons. The molecule has 124 valence electrons. The van der Waals surface area contributed by atoms with E-state index in [2.05, 4.69) is 15.0 Å². The molecule has 0 amide bonds. The second-order valence-electron chi connectivity index (χ2n) is 5.92. The van der Waals surface area contributed by atoms with Crippen molar-refractivity contribution in [2.45, 2.75) is 12.8 Å². The summed E-state index contributed by atoms with van der Waals surface area (Å²) in [5, 5.41) is 10.1. The predicted octanol–water partition coefficient (Wildman–Crippen LogP) is 4.30. The number of benzene rings is 2. The van der Waals surface area contributed by atoms with Gasteiger partial charge >= 0.3 is 0 Å². The molecule has 0 aliphatic carbocycles. The maximum atomic E-state index is 12.9. The summed E-state index contributed by atoms with van der Waals surface area (Å²) in [6.45, 7) is 0. The molecular formula is C20H16FN3O. The van der Waals surface area contributed by atoms with E-state index >= 15 is 0 Å². The van der Waals surface area contributed by atoms with Gasteiger partial charge in [0.2, 0.25) is 5.88 Å². The van der Waals surface area contributed by atoms with Crippen molar-refractivity contribution in [3.05, 3.63) is 77.0 Å². The van der Waals surface area contributed by atoms with Gasteiger partial charge < -0.3 is 10.1 Å². The zero-order chi connectivity index (χ0) is 17.2. The molecular weight excluding hydrogens is 317 g/mol. The fourth-order valence-electron chi connectivity index (χ4n) is 2.87. The zero-order valence-corrected chi connectivity index (χ0v) is 13.4. The largest absolute Gasteiger partial charge is 0.492 e. The summed E-state index contributed by atoms with van der Waals surface area (Å²) >= 11 is 0. The Morgan fingerprint density at radius 1 is 1.04 bits per heavy atom. The topological polar surface area (TPSA) is 61.3 Å². The number of hydrogen-bond acceptors (Lipinski definition) is 3. The summed E-state index contributed by atoms with van der Waals surface area (Å²) in [5.74, 6) is 0.420. The fraction of sp³-hybridized carbons (Fsp3) is 0.100. The number of halogens is 1. The Labute approximate surface area is 144 Å². The van der Waals surface area contributed by atoms with E-state index < -0.39 is 0 Å². The van der Waals surface area contributed by atoms with Crippen molar-refractivity contribution in [2.24, 2.45) is 4.99 Å². The Kier molecular flexibility index (Phi) is 3.90. The summed E-state index contributed by atoms with van der Waals surface area (Å²) in [4.78, 5) is 11.7. The van der Waals surface area contributed by atoms with E-state index in [0.29, 0.717) is 24.4 Å². The molecule has 0 unspecified atom stereocenters. The lowest BCUT2D eigenvalue weighted by atomic mass is 10.1. The van der Waals surface area contributed by atoms with Crippen LogP contribution in [-0.4, -0.2) is 21.3 Å². The van der Waals surface area contributed by atoms with Gasteiger partial charge in [0.15, 0.2) is 0 Å². The quantitative estimate of drug-likeness (QED) is 0.748. The minimum absolute atomic E-state index is 0.0283. The number of nitrogens with zero attached hydrogens (tertiary/aromatic N) is 2. The average molecular weight is 333 g/mol. The van der Waals surface area contributed by atoms with Crippen molar-refractivity contribution in [2.75, 3.05) is 0 Å². The molecule has 2 heterocycles. The number of rotatable bonds is 4. The normalized spacial score (nSPS) is 14.2. The SMILES string of the molecule is Oc1nc(CCc2ccc(F)cc2)[nH]c1/C=C1\C=Nc2ccccc21. The minimum Gasteiger partial charge on any atom is -0.492 e. The van der Waals surface area contributed by atoms with Crippen LogP contribution in [0.1, 0.15) is 22.6 Å². The van der Waals surface area contributed by atoms with Gasteiger partial charge in [-0.05, 0) is 36.3 Å². The molecule has 0 saturated heterocycles. The smallest absolute Gasteiger partial charge is 0.237 e. The highest BCUT2D eigenvalue weighted by atomic mass is 19.1. The van der Waals surface area contributed by atoms with Crippen LogP contribution in [0.25, 0.3) is 11.6 Å². The number of imidazole rings is 1. The highest BCUT2D eigenvalue weighted by molar-refractivity contribution is 6.21. The van der Waals surface area contributed by atoms with Crippen molar-refractivity contribution in [3.63, 3.8) is 0 Å². The van der Waals surface area contributed by atoms with Crippen molar-refractivity contribution < 1.29 is 9.50 Å². The van der Waals surface area contributed by atoms with Gasteiger partial charge in [-0.3, -0.25) is 4.99 Å². The van der Waals surface area contributed by atoms with Gasteiger partial charge in [-0.25, -0.2) is 4.39 Å². The summed E-state index contributed by atoms with van der Waals surface area (Å²) in [6, 6.07) is 14.3. The van der Waals surface area contributed by atoms with Crippen LogP contribution in [-0.2, 0) is 12.8 Å². The van der Waals surface area contributed by atoms with Crippen LogP contribution in [0.15, 0.2) is 53.5 Å². The number of para-hydroxylation sites is 1. The molecule has 0 fully saturated rings. The first-order valence-corrected chi connectivity index (χ1v) is 8.06. The Bertz CT molecular complexity index is 971. The molecule has 1 aliphatic rings. The number of aryl methyl sites for hydroxylation is 2. The predicted molar refractivity (Wildman–Crippen MR) is 96.5 cm³/mol. The minimum atomic E-state index is -0.244. The third kappa shape index (κ3) is 3.21. The van der Waals surface area contributed by atoms with Crippen LogP contribution in [0.3, 0.4) is 0 Å². The van der Waals surface area contributed by atoms with Crippen molar-refractivity contribution >= 4 is 23.6 Å². The van der Waals surface area contributed by atoms with Gasteiger partial charge in [0, 0.05) is 23.8 Å². The molecule has 2 aromatic carbocycles. The molecule has 3 aromatic rings. The monoisotopic (exact) mass is 333 g/mol. The van der Waals surface area contributed by atoms with E-state index in [0.717, 1.165) is 22.4 Å². The number of hydrogen-bond donors (Lipinski definition) is 2. The first-order chi connectivity index (χ1) is 12.2. The fourth-order valence-corrected chi connectivity index (χ4v) is 2.87. The average Bonchev–Trinajstić information content (AvgIpc) is 3.19. The van der Waals surface area contributed by atoms with Crippen LogP contribution in [0.4, 0.5) is 10.1 Å². The molecule has 0 saturated carbocycles. The maximum Gasteiger partial charge on any atom is 0.237 e. The van der Waals surface area contributed by atoms with Crippen LogP contribution >= 0.6 is 0 Å². The number of aliphatic imine (C=N–C) groups is 1. The number of allylic oxidation sites excluding steroid dienone is 1. The molecule has 2 N–H and O–H groups in total. The van der Waals surface area contributed by atoms with Gasteiger partial charge in [0.05, 0.1) is 5.69 Å². The summed E-state index contributed by atoms with van der Waals surface area (Å²) in [7, 11) is 0. The summed E-state index contributed by atoms with van der Waals surface area (Å²) < 4.78 is 12.9. The zero-order valence-electron chi connectivity index (χ0n) is 13.4. The second kappa shape index (κ2) is 6.36. The van der Waals surface area contributed by atoms with Gasteiger partial charge in [-0.2, -0.15) is 4.98 Å². The number of nitrogens with one attached hydrogen (secondary N) is 1. The number of fused-ring (bicyclic) bond motifs is 1. The lowest BCUT2D eigenvalue weighted by Crippen LogP contribution is -1.93. The number of aromatic nitrogens is 2. The van der Waals surface area contributed by atoms with E-state index in [1.807, 2.05) is 30.3 Å². The Morgan fingerprint density at radius 2 is 1.84 bits per heavy atom. The standard InChI is InChI=1S/C20H16FN3O/c21-15-8-5-13(6-9-15)7-10-19-23-18(20(25)24-19)11-14-12-22-17-4-2-1-3-16(14)17/h1-6,8-9,11-12,25H,7,10H2,(H,23,24)/b14-11+. The summed E-state index contributed by atoms with van der Waals surface area (Å²) in [6.07, 6.45) is 4.97. The first kappa shape index (κ1) is 15.3. The number of aromatic amines is 1. The van der Waals surface area contributed by atoms with E-state index in [1.165, 1.54) is 12.1 Å². The van der Waals surface area contributed by atoms with Gasteiger partial charge in [-0.15, -0.1) is 0 Å². The molecule has 0 atom stereocenters. The second-order valence-corrected chi connectivity index (χ2v) is 5.92. The van der Waals surface area contributed by atoms with Crippen molar-refractivity contribution in [3.8, 4) is 5.88 Å². The Hall–Kier alpha value is -3.21. The molecule has 1 aliphatic heterocycles. The number of H-pyrrole nitrogens is 1. The van der Waals surface area contributed by atoms with Crippen molar-refractivity contribution in [1.82, 2.24) is 9.97 Å². The molecule has 4 rings (SSSR count). The van der Waals surface area contributed by atoms with E-state index in [1.54, 1.807) is 18.3 Å². The Morgan fingerprint density at radius 3 is 2.68 bits per heavy atom. The van der Waals surface area contributed by atoms with Crippen LogP contribution in [0.2, 0.25) is 0 Å². The van der Waals surface area contributed by atoms with Crippen LogP contribution < -0.4 is 0 Å². The van der Waals surface area contributed by atoms with E-state index in [-0.39, 0.29) is 11.7 Å². The molecule has 25 heavy (non-hydrogen) atoms. The molecule has 5 heteroatoms. The van der Waals surface area contributed by atoms with Gasteiger partial charge in [0.25, 0.3) is 0 Å². The molecule has 0 spiro atoms. The highest BCUT2D eigenvalue weighted by Crippen LogP contribution is 2.33. The lowest BCUT2D eigenvalue weighted by Gasteiger charge is -1.99. The third-order valence-electron chi connectivity index (χ3n) is 4.18. The number of aromatic hydroxyl groups is 1. The highest BCUT2D eigenvalue weighted by Gasteiger charge is 2.14. The third-order valence-corrected chi connectivity index (χ3v) is 4.18. The summed E-state index contributed by atoms with van der Waals surface area (Å²) in [5.41, 5.74) is 4.47. The van der Waals surface area contributed by atoms with Crippen molar-refractivity contribution in [1.29, 1.82) is 0 Å². The van der Waals surface area contributed by atoms with Gasteiger partial charge in [-0.1, -0.05) is 30.3 Å². The molecule has 4 nitrogen and oxygen atoms in total. The van der Waals surface area contributed by atoms with E-state index in [9.17, 15) is 9.50 Å². The first-order valence-electron chi connectivity index (χ1n) is 8.06. The maximum absolute atomic E-state index is 12.9.